The molecule has 0 saturated carbocycles. The van der Waals surface area contributed by atoms with Crippen molar-refractivity contribution in [1.29, 1.82) is 0 Å². The van der Waals surface area contributed by atoms with E-state index in [-0.39, 0.29) is 24.1 Å². The number of anilines is 1. The van der Waals surface area contributed by atoms with Crippen molar-refractivity contribution >= 4 is 29.8 Å². The lowest BCUT2D eigenvalue weighted by molar-refractivity contribution is -0.129. The maximum Gasteiger partial charge on any atom is 0.219 e. The SMILES string of the molecule is CC(=O)c1cccc(-c2ccccc2NC2CCN(C(C)=O)CC2)c1.Cl. The molecule has 1 aliphatic rings. The van der Waals surface area contributed by atoms with Crippen LogP contribution in [0.25, 0.3) is 11.1 Å². The van der Waals surface area contributed by atoms with Crippen LogP contribution in [0.5, 0.6) is 0 Å². The number of hydrogen-bond acceptors (Lipinski definition) is 3. The van der Waals surface area contributed by atoms with Crippen LogP contribution in [0.15, 0.2) is 48.5 Å². The highest BCUT2D eigenvalue weighted by atomic mass is 35.5. The Bertz CT molecular complexity index is 783. The lowest BCUT2D eigenvalue weighted by Crippen LogP contribution is -2.41. The van der Waals surface area contributed by atoms with Gasteiger partial charge in [0.05, 0.1) is 0 Å². The summed E-state index contributed by atoms with van der Waals surface area (Å²) in [6.45, 7) is 4.82. The average molecular weight is 373 g/mol. The molecular formula is C21H25ClN2O2. The van der Waals surface area contributed by atoms with Crippen LogP contribution in [0.3, 0.4) is 0 Å². The molecule has 2 aromatic rings. The Balaban J connectivity index is 0.00000243. The molecule has 0 radical (unpaired) electrons. The lowest BCUT2D eigenvalue weighted by Gasteiger charge is -2.32. The van der Waals surface area contributed by atoms with Gasteiger partial charge in [0.15, 0.2) is 5.78 Å². The molecule has 0 bridgehead atoms. The topological polar surface area (TPSA) is 49.4 Å². The minimum Gasteiger partial charge on any atom is -0.382 e. The van der Waals surface area contributed by atoms with E-state index >= 15 is 0 Å². The Morgan fingerprint density at radius 1 is 1.00 bits per heavy atom. The number of benzene rings is 2. The van der Waals surface area contributed by atoms with Crippen molar-refractivity contribution in [3.8, 4) is 11.1 Å². The van der Waals surface area contributed by atoms with Gasteiger partial charge < -0.3 is 10.2 Å². The summed E-state index contributed by atoms with van der Waals surface area (Å²) in [6.07, 6.45) is 1.89. The maximum absolute atomic E-state index is 11.7. The van der Waals surface area contributed by atoms with E-state index in [0.29, 0.717) is 6.04 Å². The number of rotatable bonds is 4. The van der Waals surface area contributed by atoms with Crippen molar-refractivity contribution in [2.75, 3.05) is 18.4 Å². The van der Waals surface area contributed by atoms with E-state index in [1.54, 1.807) is 13.8 Å². The second kappa shape index (κ2) is 8.86. The van der Waals surface area contributed by atoms with Crippen LogP contribution in [0.2, 0.25) is 0 Å². The lowest BCUT2D eigenvalue weighted by atomic mass is 9.98. The van der Waals surface area contributed by atoms with E-state index in [9.17, 15) is 9.59 Å². The minimum atomic E-state index is 0. The van der Waals surface area contributed by atoms with Gasteiger partial charge in [-0.2, -0.15) is 0 Å². The van der Waals surface area contributed by atoms with Crippen LogP contribution in [-0.2, 0) is 4.79 Å². The molecule has 4 nitrogen and oxygen atoms in total. The molecule has 0 aromatic heterocycles. The van der Waals surface area contributed by atoms with Gasteiger partial charge in [-0.3, -0.25) is 9.59 Å². The number of nitrogens with zero attached hydrogens (tertiary/aromatic N) is 1. The van der Waals surface area contributed by atoms with Crippen LogP contribution in [0.4, 0.5) is 5.69 Å². The number of para-hydroxylation sites is 1. The van der Waals surface area contributed by atoms with Gasteiger partial charge in [-0.1, -0.05) is 36.4 Å². The van der Waals surface area contributed by atoms with Gasteiger partial charge in [0.25, 0.3) is 0 Å². The second-order valence-electron chi connectivity index (χ2n) is 6.61. The Kier molecular flexibility index (Phi) is 6.81. The van der Waals surface area contributed by atoms with Crippen LogP contribution in [0, 0.1) is 0 Å². The second-order valence-corrected chi connectivity index (χ2v) is 6.61. The smallest absolute Gasteiger partial charge is 0.219 e. The van der Waals surface area contributed by atoms with E-state index < -0.39 is 0 Å². The molecule has 1 amide bonds. The summed E-state index contributed by atoms with van der Waals surface area (Å²) in [5.74, 6) is 0.226. The fourth-order valence-corrected chi connectivity index (χ4v) is 3.33. The summed E-state index contributed by atoms with van der Waals surface area (Å²) < 4.78 is 0. The number of amides is 1. The number of piperidine rings is 1. The molecule has 1 aliphatic heterocycles. The Morgan fingerprint density at radius 2 is 1.69 bits per heavy atom. The van der Waals surface area contributed by atoms with E-state index in [1.807, 2.05) is 41.3 Å². The largest absolute Gasteiger partial charge is 0.382 e. The van der Waals surface area contributed by atoms with Crippen LogP contribution >= 0.6 is 12.4 Å². The van der Waals surface area contributed by atoms with Crippen molar-refractivity contribution in [1.82, 2.24) is 4.90 Å². The predicted octanol–water partition coefficient (Wildman–Crippen LogP) is 4.40. The first-order valence-electron chi connectivity index (χ1n) is 8.77. The standard InChI is InChI=1S/C21H24N2O2.ClH/c1-15(24)17-6-5-7-18(14-17)20-8-3-4-9-21(20)22-19-10-12-23(13-11-19)16(2)25;/h3-9,14,19,22H,10-13H2,1-2H3;1H. The highest BCUT2D eigenvalue weighted by molar-refractivity contribution is 5.95. The van der Waals surface area contributed by atoms with Crippen molar-refractivity contribution in [2.45, 2.75) is 32.7 Å². The van der Waals surface area contributed by atoms with Gasteiger partial charge in [0, 0.05) is 42.9 Å². The van der Waals surface area contributed by atoms with Crippen molar-refractivity contribution in [2.24, 2.45) is 0 Å². The third-order valence-electron chi connectivity index (χ3n) is 4.81. The number of Topliss-reactive ketones (excluding diaryl/α,β-unsaturated/α-hetero) is 1. The zero-order valence-corrected chi connectivity index (χ0v) is 16.0. The van der Waals surface area contributed by atoms with Gasteiger partial charge in [-0.15, -0.1) is 12.4 Å². The van der Waals surface area contributed by atoms with E-state index in [0.717, 1.165) is 48.3 Å². The van der Waals surface area contributed by atoms with Gasteiger partial charge in [0.2, 0.25) is 5.91 Å². The molecular weight excluding hydrogens is 348 g/mol. The summed E-state index contributed by atoms with van der Waals surface area (Å²) >= 11 is 0. The Morgan fingerprint density at radius 3 is 2.35 bits per heavy atom. The molecule has 1 N–H and O–H groups in total. The molecule has 3 rings (SSSR count). The molecule has 0 atom stereocenters. The number of likely N-dealkylation sites (tertiary alicyclic amines) is 1. The Labute approximate surface area is 161 Å². The summed E-state index contributed by atoms with van der Waals surface area (Å²) in [7, 11) is 0. The fraction of sp³-hybridized carbons (Fsp3) is 0.333. The van der Waals surface area contributed by atoms with Gasteiger partial charge >= 0.3 is 0 Å². The third-order valence-corrected chi connectivity index (χ3v) is 4.81. The summed E-state index contributed by atoms with van der Waals surface area (Å²) in [5.41, 5.74) is 3.93. The normalized spacial score (nSPS) is 14.5. The van der Waals surface area contributed by atoms with E-state index in [1.165, 1.54) is 0 Å². The minimum absolute atomic E-state index is 0. The summed E-state index contributed by atoms with van der Waals surface area (Å²) in [4.78, 5) is 25.0. The van der Waals surface area contributed by atoms with E-state index in [2.05, 4.69) is 17.4 Å². The zero-order valence-electron chi connectivity index (χ0n) is 15.2. The van der Waals surface area contributed by atoms with Crippen LogP contribution < -0.4 is 5.32 Å². The molecule has 0 spiro atoms. The van der Waals surface area contributed by atoms with Gasteiger partial charge in [-0.25, -0.2) is 0 Å². The van der Waals surface area contributed by atoms with Crippen LogP contribution in [0.1, 0.15) is 37.0 Å². The molecule has 138 valence electrons. The number of halogens is 1. The average Bonchev–Trinajstić information content (AvgIpc) is 2.63. The van der Waals surface area contributed by atoms with Gasteiger partial charge in [-0.05, 0) is 37.5 Å². The first-order valence-corrected chi connectivity index (χ1v) is 8.77. The Hall–Kier alpha value is -2.33. The van der Waals surface area contributed by atoms with Crippen molar-refractivity contribution in [3.05, 3.63) is 54.1 Å². The molecule has 2 aromatic carbocycles. The third kappa shape index (κ3) is 4.64. The highest BCUT2D eigenvalue weighted by Gasteiger charge is 2.21. The van der Waals surface area contributed by atoms with Crippen molar-refractivity contribution in [3.63, 3.8) is 0 Å². The zero-order chi connectivity index (χ0) is 17.8. The molecule has 1 heterocycles. The number of ketones is 1. The monoisotopic (exact) mass is 372 g/mol. The fourth-order valence-electron chi connectivity index (χ4n) is 3.33. The number of nitrogens with one attached hydrogen (secondary N) is 1. The maximum atomic E-state index is 11.7. The number of carbonyl (C=O) groups excluding carboxylic acids is 2. The molecule has 0 aliphatic carbocycles. The molecule has 1 fully saturated rings. The molecule has 1 saturated heterocycles. The molecule has 0 unspecified atom stereocenters. The summed E-state index contributed by atoms with van der Waals surface area (Å²) in [5, 5.41) is 3.63. The molecule has 5 heteroatoms. The number of carbonyl (C=O) groups is 2. The highest BCUT2D eigenvalue weighted by Crippen LogP contribution is 2.30. The first-order chi connectivity index (χ1) is 12.0. The predicted molar refractivity (Wildman–Crippen MR) is 108 cm³/mol. The summed E-state index contributed by atoms with van der Waals surface area (Å²) in [6, 6.07) is 16.3. The first kappa shape index (κ1) is 20.0. The van der Waals surface area contributed by atoms with E-state index in [4.69, 9.17) is 0 Å². The molecule has 26 heavy (non-hydrogen) atoms. The van der Waals surface area contributed by atoms with Crippen LogP contribution in [-0.4, -0.2) is 35.7 Å². The number of hydrogen-bond donors (Lipinski definition) is 1. The quantitative estimate of drug-likeness (QED) is 0.809. The van der Waals surface area contributed by atoms with Gasteiger partial charge in [0.1, 0.15) is 0 Å². The van der Waals surface area contributed by atoms with Crippen molar-refractivity contribution < 1.29 is 9.59 Å².